The number of rotatable bonds is 4. The van der Waals surface area contributed by atoms with Gasteiger partial charge >= 0.3 is 0 Å². The molecule has 4 nitrogen and oxygen atoms in total. The average Bonchev–Trinajstić information content (AvgIpc) is 2.46. The monoisotopic (exact) mass is 278 g/mol. The van der Waals surface area contributed by atoms with E-state index in [9.17, 15) is 5.11 Å². The SMILES string of the molecule is COc1cc(C(C)N2C(C)CCCC2CN)ccc1O. The maximum Gasteiger partial charge on any atom is 0.160 e. The van der Waals surface area contributed by atoms with E-state index in [1.54, 1.807) is 13.2 Å². The van der Waals surface area contributed by atoms with Crippen molar-refractivity contribution in [3.05, 3.63) is 23.8 Å². The smallest absolute Gasteiger partial charge is 0.160 e. The molecule has 0 aliphatic carbocycles. The van der Waals surface area contributed by atoms with Crippen molar-refractivity contribution in [3.8, 4) is 11.5 Å². The lowest BCUT2D eigenvalue weighted by Crippen LogP contribution is -2.49. The lowest BCUT2D eigenvalue weighted by atomic mass is 9.92. The fourth-order valence-corrected chi connectivity index (χ4v) is 3.37. The second kappa shape index (κ2) is 6.46. The molecule has 0 bridgehead atoms. The van der Waals surface area contributed by atoms with Gasteiger partial charge in [0.1, 0.15) is 0 Å². The van der Waals surface area contributed by atoms with Gasteiger partial charge in [0.15, 0.2) is 11.5 Å². The Morgan fingerprint density at radius 1 is 1.45 bits per heavy atom. The van der Waals surface area contributed by atoms with Crippen LogP contribution in [0.4, 0.5) is 0 Å². The minimum atomic E-state index is 0.186. The topological polar surface area (TPSA) is 58.7 Å². The summed E-state index contributed by atoms with van der Waals surface area (Å²) in [7, 11) is 1.58. The normalized spacial score (nSPS) is 25.4. The lowest BCUT2D eigenvalue weighted by Gasteiger charge is -2.44. The van der Waals surface area contributed by atoms with Crippen molar-refractivity contribution >= 4 is 0 Å². The summed E-state index contributed by atoms with van der Waals surface area (Å²) in [5.41, 5.74) is 7.10. The van der Waals surface area contributed by atoms with Crippen molar-refractivity contribution in [2.45, 2.75) is 51.2 Å². The third-order valence-corrected chi connectivity index (χ3v) is 4.50. The van der Waals surface area contributed by atoms with E-state index in [2.05, 4.69) is 18.7 Å². The number of methoxy groups -OCH3 is 1. The van der Waals surface area contributed by atoms with Crippen LogP contribution >= 0.6 is 0 Å². The van der Waals surface area contributed by atoms with Crippen LogP contribution in [0.1, 0.15) is 44.7 Å². The highest BCUT2D eigenvalue weighted by molar-refractivity contribution is 5.42. The highest BCUT2D eigenvalue weighted by Crippen LogP contribution is 2.35. The van der Waals surface area contributed by atoms with Gasteiger partial charge in [-0.3, -0.25) is 4.90 Å². The van der Waals surface area contributed by atoms with Crippen LogP contribution in [0.25, 0.3) is 0 Å². The third kappa shape index (κ3) is 2.91. The molecule has 1 aromatic carbocycles. The minimum absolute atomic E-state index is 0.186. The predicted molar refractivity (Wildman–Crippen MR) is 81.1 cm³/mol. The van der Waals surface area contributed by atoms with Crippen molar-refractivity contribution in [2.75, 3.05) is 13.7 Å². The molecule has 0 aromatic heterocycles. The Kier molecular flexibility index (Phi) is 4.89. The zero-order chi connectivity index (χ0) is 14.7. The van der Waals surface area contributed by atoms with Gasteiger partial charge < -0.3 is 15.6 Å². The van der Waals surface area contributed by atoms with E-state index < -0.39 is 0 Å². The summed E-state index contributed by atoms with van der Waals surface area (Å²) in [6.45, 7) is 5.18. The van der Waals surface area contributed by atoms with Gasteiger partial charge in [0.05, 0.1) is 7.11 Å². The molecule has 0 radical (unpaired) electrons. The number of phenolic OH excluding ortho intramolecular Hbond substituents is 1. The summed E-state index contributed by atoms with van der Waals surface area (Å²) < 4.78 is 5.21. The van der Waals surface area contributed by atoms with Crippen molar-refractivity contribution in [1.82, 2.24) is 4.90 Å². The molecule has 3 unspecified atom stereocenters. The van der Waals surface area contributed by atoms with Crippen LogP contribution in [0.2, 0.25) is 0 Å². The summed E-state index contributed by atoms with van der Waals surface area (Å²) in [6, 6.07) is 6.84. The van der Waals surface area contributed by atoms with Crippen molar-refractivity contribution in [2.24, 2.45) is 5.73 Å². The van der Waals surface area contributed by atoms with E-state index in [1.807, 2.05) is 12.1 Å². The van der Waals surface area contributed by atoms with Crippen LogP contribution in [-0.2, 0) is 0 Å². The maximum absolute atomic E-state index is 9.72. The van der Waals surface area contributed by atoms with Crippen LogP contribution in [0.5, 0.6) is 11.5 Å². The molecular formula is C16H26N2O2. The van der Waals surface area contributed by atoms with Crippen molar-refractivity contribution < 1.29 is 9.84 Å². The number of phenols is 1. The summed E-state index contributed by atoms with van der Waals surface area (Å²) in [4.78, 5) is 2.51. The molecule has 112 valence electrons. The summed E-state index contributed by atoms with van der Waals surface area (Å²) in [5.74, 6) is 0.717. The zero-order valence-corrected chi connectivity index (χ0v) is 12.7. The van der Waals surface area contributed by atoms with E-state index >= 15 is 0 Å². The molecule has 0 saturated carbocycles. The van der Waals surface area contributed by atoms with Gasteiger partial charge in [0.2, 0.25) is 0 Å². The molecule has 20 heavy (non-hydrogen) atoms. The van der Waals surface area contributed by atoms with Crippen LogP contribution < -0.4 is 10.5 Å². The van der Waals surface area contributed by atoms with Crippen molar-refractivity contribution in [1.29, 1.82) is 0 Å². The number of nitrogens with zero attached hydrogens (tertiary/aromatic N) is 1. The van der Waals surface area contributed by atoms with E-state index in [-0.39, 0.29) is 11.8 Å². The number of hydrogen-bond donors (Lipinski definition) is 2. The van der Waals surface area contributed by atoms with Gasteiger partial charge in [0, 0.05) is 24.7 Å². The molecule has 2 rings (SSSR count). The van der Waals surface area contributed by atoms with Crippen LogP contribution in [0.3, 0.4) is 0 Å². The van der Waals surface area contributed by atoms with Gasteiger partial charge in [-0.1, -0.05) is 12.5 Å². The van der Waals surface area contributed by atoms with Gasteiger partial charge in [-0.25, -0.2) is 0 Å². The van der Waals surface area contributed by atoms with Gasteiger partial charge in [0.25, 0.3) is 0 Å². The molecule has 4 heteroatoms. The van der Waals surface area contributed by atoms with Gasteiger partial charge in [-0.05, 0) is 44.4 Å². The number of likely N-dealkylation sites (tertiary alicyclic amines) is 1. The molecule has 1 aliphatic heterocycles. The fourth-order valence-electron chi connectivity index (χ4n) is 3.37. The first-order valence-electron chi connectivity index (χ1n) is 7.42. The standard InChI is InChI=1S/C16H26N2O2/c1-11-5-4-6-14(10-17)18(11)12(2)13-7-8-15(19)16(9-13)20-3/h7-9,11-12,14,19H,4-6,10,17H2,1-3H3. The second-order valence-corrected chi connectivity index (χ2v) is 5.72. The Morgan fingerprint density at radius 3 is 2.85 bits per heavy atom. The average molecular weight is 278 g/mol. The van der Waals surface area contributed by atoms with E-state index in [0.29, 0.717) is 24.4 Å². The number of nitrogens with two attached hydrogens (primary N) is 1. The number of piperidine rings is 1. The molecule has 1 heterocycles. The second-order valence-electron chi connectivity index (χ2n) is 5.72. The Bertz CT molecular complexity index is 450. The molecule has 1 aliphatic rings. The summed E-state index contributed by atoms with van der Waals surface area (Å²) in [5, 5.41) is 9.72. The molecule has 1 fully saturated rings. The van der Waals surface area contributed by atoms with Gasteiger partial charge in [-0.2, -0.15) is 0 Å². The molecule has 3 N–H and O–H groups in total. The van der Waals surface area contributed by atoms with Crippen LogP contribution in [0, 0.1) is 0 Å². The summed E-state index contributed by atoms with van der Waals surface area (Å²) >= 11 is 0. The molecule has 0 spiro atoms. The van der Waals surface area contributed by atoms with E-state index in [0.717, 1.165) is 5.56 Å². The van der Waals surface area contributed by atoms with Crippen LogP contribution in [-0.4, -0.2) is 35.7 Å². The molecular weight excluding hydrogens is 252 g/mol. The van der Waals surface area contributed by atoms with E-state index in [4.69, 9.17) is 10.5 Å². The van der Waals surface area contributed by atoms with Crippen molar-refractivity contribution in [3.63, 3.8) is 0 Å². The Morgan fingerprint density at radius 2 is 2.20 bits per heavy atom. The molecule has 0 amide bonds. The first-order valence-corrected chi connectivity index (χ1v) is 7.42. The summed E-state index contributed by atoms with van der Waals surface area (Å²) in [6.07, 6.45) is 3.64. The maximum atomic E-state index is 9.72. The quantitative estimate of drug-likeness (QED) is 0.889. The number of hydrogen-bond acceptors (Lipinski definition) is 4. The van der Waals surface area contributed by atoms with Crippen LogP contribution in [0.15, 0.2) is 18.2 Å². The molecule has 1 aromatic rings. The zero-order valence-electron chi connectivity index (χ0n) is 12.7. The predicted octanol–water partition coefficient (Wildman–Crippen LogP) is 2.66. The molecule has 3 atom stereocenters. The first kappa shape index (κ1) is 15.1. The minimum Gasteiger partial charge on any atom is -0.504 e. The lowest BCUT2D eigenvalue weighted by molar-refractivity contribution is 0.0569. The van der Waals surface area contributed by atoms with Gasteiger partial charge in [-0.15, -0.1) is 0 Å². The third-order valence-electron chi connectivity index (χ3n) is 4.50. The first-order chi connectivity index (χ1) is 9.58. The number of aromatic hydroxyl groups is 1. The highest BCUT2D eigenvalue weighted by atomic mass is 16.5. The Labute approximate surface area is 121 Å². The Balaban J connectivity index is 2.26. The highest BCUT2D eigenvalue weighted by Gasteiger charge is 2.31. The number of ether oxygens (including phenoxy) is 1. The largest absolute Gasteiger partial charge is 0.504 e. The van der Waals surface area contributed by atoms with E-state index in [1.165, 1.54) is 19.3 Å². The Hall–Kier alpha value is -1.26. The fraction of sp³-hybridized carbons (Fsp3) is 0.625. The molecule has 1 saturated heterocycles. The number of benzene rings is 1.